The third-order valence-electron chi connectivity index (χ3n) is 5.34. The minimum absolute atomic E-state index is 0.0232. The number of rotatable bonds is 5. The lowest BCUT2D eigenvalue weighted by atomic mass is 9.88. The molecule has 1 saturated carbocycles. The number of hydrogen-bond donors (Lipinski definition) is 2. The van der Waals surface area contributed by atoms with Crippen LogP contribution in [0, 0.1) is 11.7 Å². The highest BCUT2D eigenvalue weighted by Crippen LogP contribution is 2.27. The van der Waals surface area contributed by atoms with Crippen molar-refractivity contribution in [1.82, 2.24) is 10.2 Å². The molecule has 0 unspecified atom stereocenters. The first kappa shape index (κ1) is 17.9. The summed E-state index contributed by atoms with van der Waals surface area (Å²) in [5.74, 6) is -0.432. The second-order valence-electron chi connectivity index (χ2n) is 7.16. The molecule has 1 heterocycles. The summed E-state index contributed by atoms with van der Waals surface area (Å²) < 4.78 is 13.1. The molecule has 1 aromatic carbocycles. The summed E-state index contributed by atoms with van der Waals surface area (Å²) in [5, 5.41) is 3.25. The van der Waals surface area contributed by atoms with Gasteiger partial charge in [-0.05, 0) is 37.0 Å². The van der Waals surface area contributed by atoms with Crippen molar-refractivity contribution in [1.29, 1.82) is 0 Å². The van der Waals surface area contributed by atoms with Crippen LogP contribution >= 0.6 is 0 Å². The molecule has 0 bridgehead atoms. The number of nitrogens with one attached hydrogen (secondary N) is 1. The maximum Gasteiger partial charge on any atom is 0.239 e. The van der Waals surface area contributed by atoms with Crippen molar-refractivity contribution in [3.8, 4) is 0 Å². The van der Waals surface area contributed by atoms with Gasteiger partial charge in [0.1, 0.15) is 11.9 Å². The van der Waals surface area contributed by atoms with Crippen molar-refractivity contribution in [2.75, 3.05) is 13.1 Å². The molecule has 1 aromatic rings. The van der Waals surface area contributed by atoms with Crippen molar-refractivity contribution in [3.63, 3.8) is 0 Å². The fraction of sp³-hybridized carbons (Fsp3) is 0.579. The lowest BCUT2D eigenvalue weighted by Crippen LogP contribution is -2.43. The van der Waals surface area contributed by atoms with E-state index in [4.69, 9.17) is 5.73 Å². The van der Waals surface area contributed by atoms with E-state index in [0.29, 0.717) is 18.7 Å². The van der Waals surface area contributed by atoms with Crippen LogP contribution in [0.3, 0.4) is 0 Å². The van der Waals surface area contributed by atoms with E-state index in [9.17, 15) is 14.0 Å². The second kappa shape index (κ2) is 7.95. The predicted octanol–water partition coefficient (Wildman–Crippen LogP) is 2.12. The summed E-state index contributed by atoms with van der Waals surface area (Å²) in [5.41, 5.74) is 6.16. The van der Waals surface area contributed by atoms with Gasteiger partial charge in [0.15, 0.2) is 0 Å². The first-order chi connectivity index (χ1) is 12.0. The monoisotopic (exact) mass is 347 g/mol. The zero-order chi connectivity index (χ0) is 17.8. The third kappa shape index (κ3) is 4.37. The molecule has 1 saturated heterocycles. The van der Waals surface area contributed by atoms with Crippen molar-refractivity contribution in [3.05, 3.63) is 35.6 Å². The Labute approximate surface area is 147 Å². The quantitative estimate of drug-likeness (QED) is 0.857. The fourth-order valence-corrected chi connectivity index (χ4v) is 3.94. The van der Waals surface area contributed by atoms with Gasteiger partial charge in [0, 0.05) is 25.0 Å². The number of carbonyl (C=O) groups is 2. The second-order valence-corrected chi connectivity index (χ2v) is 7.16. The Morgan fingerprint density at radius 2 is 1.80 bits per heavy atom. The lowest BCUT2D eigenvalue weighted by molar-refractivity contribution is -0.135. The number of primary amides is 1. The summed E-state index contributed by atoms with van der Waals surface area (Å²) in [6, 6.07) is 5.13. The van der Waals surface area contributed by atoms with E-state index >= 15 is 0 Å². The number of nitrogens with zero attached hydrogens (tertiary/aromatic N) is 1. The molecule has 2 fully saturated rings. The molecule has 3 N–H and O–H groups in total. The van der Waals surface area contributed by atoms with Crippen LogP contribution in [0.1, 0.15) is 50.1 Å². The summed E-state index contributed by atoms with van der Waals surface area (Å²) >= 11 is 0. The molecule has 2 aliphatic rings. The molecule has 1 aliphatic heterocycles. The lowest BCUT2D eigenvalue weighted by Gasteiger charge is -2.27. The minimum Gasteiger partial charge on any atom is -0.368 e. The normalized spacial score (nSPS) is 22.8. The zero-order valence-corrected chi connectivity index (χ0v) is 14.4. The molecule has 3 rings (SSSR count). The van der Waals surface area contributed by atoms with Crippen LogP contribution in [0.2, 0.25) is 0 Å². The number of halogens is 1. The molecule has 136 valence electrons. The van der Waals surface area contributed by atoms with Gasteiger partial charge in [-0.25, -0.2) is 4.39 Å². The first-order valence-electron chi connectivity index (χ1n) is 9.14. The molecule has 6 heteroatoms. The van der Waals surface area contributed by atoms with Crippen molar-refractivity contribution >= 4 is 11.8 Å². The molecule has 5 nitrogen and oxygen atoms in total. The van der Waals surface area contributed by atoms with Gasteiger partial charge < -0.3 is 10.6 Å². The number of nitrogens with two attached hydrogens (primary N) is 1. The highest BCUT2D eigenvalue weighted by Gasteiger charge is 2.33. The maximum absolute atomic E-state index is 13.1. The summed E-state index contributed by atoms with van der Waals surface area (Å²) in [6.45, 7) is 1.31. The number of likely N-dealkylation sites (tertiary alicyclic amines) is 1. The molecular formula is C19H26FN3O2. The van der Waals surface area contributed by atoms with Crippen molar-refractivity contribution in [2.45, 2.75) is 50.6 Å². The van der Waals surface area contributed by atoms with Crippen LogP contribution < -0.4 is 11.1 Å². The van der Waals surface area contributed by atoms with Gasteiger partial charge in [-0.15, -0.1) is 0 Å². The van der Waals surface area contributed by atoms with Crippen molar-refractivity contribution in [2.24, 2.45) is 11.7 Å². The van der Waals surface area contributed by atoms with Crippen LogP contribution in [0.25, 0.3) is 0 Å². The molecular weight excluding hydrogens is 321 g/mol. The van der Waals surface area contributed by atoms with E-state index in [1.165, 1.54) is 18.6 Å². The summed E-state index contributed by atoms with van der Waals surface area (Å²) in [7, 11) is 0. The summed E-state index contributed by atoms with van der Waals surface area (Å²) in [6.07, 6.45) is 6.29. The number of benzene rings is 1. The van der Waals surface area contributed by atoms with Crippen molar-refractivity contribution < 1.29 is 14.0 Å². The molecule has 2 atom stereocenters. The number of hydrogen-bond acceptors (Lipinski definition) is 3. The Morgan fingerprint density at radius 3 is 2.44 bits per heavy atom. The van der Waals surface area contributed by atoms with Gasteiger partial charge in [0.05, 0.1) is 0 Å². The molecule has 1 aliphatic carbocycles. The SMILES string of the molecule is NC(=O)[C@H](N[C@@H]1CCN(C(=O)C2CCCCC2)C1)c1ccc(F)cc1. The fourth-order valence-electron chi connectivity index (χ4n) is 3.94. The molecule has 2 amide bonds. The van der Waals surface area contributed by atoms with Crippen LogP contribution in [0.15, 0.2) is 24.3 Å². The maximum atomic E-state index is 13.1. The smallest absolute Gasteiger partial charge is 0.239 e. The minimum atomic E-state index is -0.671. The van der Waals surface area contributed by atoms with E-state index in [0.717, 1.165) is 32.1 Å². The topological polar surface area (TPSA) is 75.4 Å². The van der Waals surface area contributed by atoms with Crippen LogP contribution in [-0.2, 0) is 9.59 Å². The molecule has 0 aromatic heterocycles. The summed E-state index contributed by atoms with van der Waals surface area (Å²) in [4.78, 5) is 26.4. The third-order valence-corrected chi connectivity index (χ3v) is 5.34. The van der Waals surface area contributed by atoms with Gasteiger partial charge in [0.2, 0.25) is 11.8 Å². The zero-order valence-electron chi connectivity index (χ0n) is 14.4. The van der Waals surface area contributed by atoms with Gasteiger partial charge >= 0.3 is 0 Å². The van der Waals surface area contributed by atoms with E-state index in [1.54, 1.807) is 12.1 Å². The van der Waals surface area contributed by atoms with Gasteiger partial charge in [-0.1, -0.05) is 31.4 Å². The van der Waals surface area contributed by atoms with E-state index in [1.807, 2.05) is 4.90 Å². The molecule has 0 spiro atoms. The highest BCUT2D eigenvalue weighted by molar-refractivity contribution is 5.81. The highest BCUT2D eigenvalue weighted by atomic mass is 19.1. The van der Waals surface area contributed by atoms with Crippen LogP contribution in [0.5, 0.6) is 0 Å². The average molecular weight is 347 g/mol. The molecule has 0 radical (unpaired) electrons. The first-order valence-corrected chi connectivity index (χ1v) is 9.14. The Kier molecular flexibility index (Phi) is 5.68. The largest absolute Gasteiger partial charge is 0.368 e. The van der Waals surface area contributed by atoms with E-state index < -0.39 is 11.9 Å². The van der Waals surface area contributed by atoms with E-state index in [2.05, 4.69) is 5.32 Å². The Hall–Kier alpha value is -1.95. The van der Waals surface area contributed by atoms with E-state index in [-0.39, 0.29) is 23.7 Å². The van der Waals surface area contributed by atoms with Gasteiger partial charge in [-0.2, -0.15) is 0 Å². The molecule has 25 heavy (non-hydrogen) atoms. The Balaban J connectivity index is 1.59. The predicted molar refractivity (Wildman–Crippen MR) is 93.0 cm³/mol. The average Bonchev–Trinajstić information content (AvgIpc) is 3.09. The number of carbonyl (C=O) groups excluding carboxylic acids is 2. The van der Waals surface area contributed by atoms with Crippen LogP contribution in [-0.4, -0.2) is 35.8 Å². The van der Waals surface area contributed by atoms with Gasteiger partial charge in [0.25, 0.3) is 0 Å². The van der Waals surface area contributed by atoms with Gasteiger partial charge in [-0.3, -0.25) is 14.9 Å². The van der Waals surface area contributed by atoms with Crippen LogP contribution in [0.4, 0.5) is 4.39 Å². The standard InChI is InChI=1S/C19H26FN3O2/c20-15-8-6-13(7-9-15)17(18(21)24)22-16-10-11-23(12-16)19(25)14-4-2-1-3-5-14/h6-9,14,16-17,22H,1-5,10-12H2,(H2,21,24)/t16-,17-/m1/s1. The number of amides is 2. The Bertz CT molecular complexity index is 614. The Morgan fingerprint density at radius 1 is 1.12 bits per heavy atom.